The molecule has 0 spiro atoms. The van der Waals surface area contributed by atoms with Crippen LogP contribution in [-0.4, -0.2) is 16.8 Å². The van der Waals surface area contributed by atoms with E-state index in [9.17, 15) is 10.2 Å². The second kappa shape index (κ2) is 5.92. The molecule has 1 aromatic carbocycles. The van der Waals surface area contributed by atoms with E-state index < -0.39 is 0 Å². The summed E-state index contributed by atoms with van der Waals surface area (Å²) < 4.78 is 0. The lowest BCUT2D eigenvalue weighted by atomic mass is 10.0. The van der Waals surface area contributed by atoms with Crippen LogP contribution in [0.2, 0.25) is 0 Å². The Hall–Kier alpha value is -1.22. The first-order valence-corrected chi connectivity index (χ1v) is 6.48. The molecule has 0 bridgehead atoms. The third kappa shape index (κ3) is 3.37. The van der Waals surface area contributed by atoms with E-state index in [1.54, 1.807) is 6.07 Å². The van der Waals surface area contributed by atoms with E-state index in [1.165, 1.54) is 38.2 Å². The zero-order valence-electron chi connectivity index (χ0n) is 10.2. The Bertz CT molecular complexity index is 359. The number of nitrogens with one attached hydrogen (secondary N) is 1. The first kappa shape index (κ1) is 12.2. The zero-order chi connectivity index (χ0) is 12.1. The minimum absolute atomic E-state index is 0.000802. The van der Waals surface area contributed by atoms with E-state index in [-0.39, 0.29) is 11.5 Å². The van der Waals surface area contributed by atoms with Crippen LogP contribution in [0.4, 0.5) is 0 Å². The van der Waals surface area contributed by atoms with Crippen LogP contribution in [0.5, 0.6) is 11.5 Å². The average Bonchev–Trinajstić information content (AvgIpc) is 2.83. The van der Waals surface area contributed by atoms with Gasteiger partial charge in [-0.15, -0.1) is 0 Å². The second-order valence-electron chi connectivity index (χ2n) is 4.90. The highest BCUT2D eigenvalue weighted by atomic mass is 16.3. The largest absolute Gasteiger partial charge is 0.504 e. The highest BCUT2D eigenvalue weighted by Gasteiger charge is 2.14. The molecule has 3 nitrogen and oxygen atoms in total. The summed E-state index contributed by atoms with van der Waals surface area (Å²) in [6.45, 7) is 1.60. The molecule has 0 radical (unpaired) electrons. The molecule has 1 saturated carbocycles. The van der Waals surface area contributed by atoms with Gasteiger partial charge in [-0.05, 0) is 24.9 Å². The Kier molecular flexibility index (Phi) is 4.26. The van der Waals surface area contributed by atoms with Crippen LogP contribution >= 0.6 is 0 Å². The average molecular weight is 235 g/mol. The van der Waals surface area contributed by atoms with Gasteiger partial charge in [-0.1, -0.05) is 37.8 Å². The summed E-state index contributed by atoms with van der Waals surface area (Å²) in [4.78, 5) is 0. The summed E-state index contributed by atoms with van der Waals surface area (Å²) in [6.07, 6.45) is 6.74. The fourth-order valence-corrected chi connectivity index (χ4v) is 2.55. The Morgan fingerprint density at radius 2 is 1.94 bits per heavy atom. The van der Waals surface area contributed by atoms with Gasteiger partial charge < -0.3 is 15.5 Å². The van der Waals surface area contributed by atoms with E-state index >= 15 is 0 Å². The Morgan fingerprint density at radius 1 is 1.18 bits per heavy atom. The molecule has 17 heavy (non-hydrogen) atoms. The molecule has 0 aromatic heterocycles. The number of phenolic OH excluding ortho intramolecular Hbond substituents is 2. The van der Waals surface area contributed by atoms with Crippen molar-refractivity contribution < 1.29 is 10.2 Å². The standard InChI is InChI=1S/C14H21NO2/c16-13-7-3-6-12(14(13)17)10-15-9-8-11-4-1-2-5-11/h3,6-7,11,15-17H,1-2,4-5,8-10H2. The van der Waals surface area contributed by atoms with Gasteiger partial charge in [0.05, 0.1) is 0 Å². The third-order valence-electron chi connectivity index (χ3n) is 3.62. The molecule has 94 valence electrons. The number of hydrogen-bond donors (Lipinski definition) is 3. The van der Waals surface area contributed by atoms with Crippen molar-refractivity contribution in [1.82, 2.24) is 5.32 Å². The van der Waals surface area contributed by atoms with Crippen LogP contribution in [0.15, 0.2) is 18.2 Å². The molecule has 0 heterocycles. The van der Waals surface area contributed by atoms with E-state index in [0.29, 0.717) is 6.54 Å². The molecule has 3 heteroatoms. The van der Waals surface area contributed by atoms with Crippen LogP contribution in [0, 0.1) is 5.92 Å². The third-order valence-corrected chi connectivity index (χ3v) is 3.62. The Balaban J connectivity index is 1.72. The van der Waals surface area contributed by atoms with Crippen molar-refractivity contribution in [3.8, 4) is 11.5 Å². The zero-order valence-corrected chi connectivity index (χ0v) is 10.2. The summed E-state index contributed by atoms with van der Waals surface area (Å²) in [6, 6.07) is 5.08. The molecule has 0 unspecified atom stereocenters. The first-order valence-electron chi connectivity index (χ1n) is 6.48. The summed E-state index contributed by atoms with van der Waals surface area (Å²) >= 11 is 0. The van der Waals surface area contributed by atoms with Gasteiger partial charge in [-0.3, -0.25) is 0 Å². The van der Waals surface area contributed by atoms with Crippen molar-refractivity contribution in [2.45, 2.75) is 38.6 Å². The van der Waals surface area contributed by atoms with E-state index in [0.717, 1.165) is 18.0 Å². The molecule has 1 aliphatic rings. The fourth-order valence-electron chi connectivity index (χ4n) is 2.55. The highest BCUT2D eigenvalue weighted by molar-refractivity contribution is 5.44. The minimum Gasteiger partial charge on any atom is -0.504 e. The van der Waals surface area contributed by atoms with Gasteiger partial charge in [0.25, 0.3) is 0 Å². The number of aromatic hydroxyl groups is 2. The maximum atomic E-state index is 9.62. The lowest BCUT2D eigenvalue weighted by Gasteiger charge is -2.10. The highest BCUT2D eigenvalue weighted by Crippen LogP contribution is 2.28. The van der Waals surface area contributed by atoms with Gasteiger partial charge in [0.1, 0.15) is 0 Å². The predicted molar refractivity (Wildman–Crippen MR) is 68.1 cm³/mol. The molecule has 0 amide bonds. The quantitative estimate of drug-likeness (QED) is 0.543. The summed E-state index contributed by atoms with van der Waals surface area (Å²) in [5.74, 6) is 0.848. The Labute approximate surface area is 102 Å². The van der Waals surface area contributed by atoms with E-state index in [2.05, 4.69) is 5.32 Å². The molecule has 0 atom stereocenters. The number of benzene rings is 1. The monoisotopic (exact) mass is 235 g/mol. The van der Waals surface area contributed by atoms with E-state index in [1.807, 2.05) is 6.07 Å². The predicted octanol–water partition coefficient (Wildman–Crippen LogP) is 2.77. The lowest BCUT2D eigenvalue weighted by molar-refractivity contribution is 0.396. The van der Waals surface area contributed by atoms with Gasteiger partial charge in [0.15, 0.2) is 11.5 Å². The molecule has 0 aliphatic heterocycles. The fraction of sp³-hybridized carbons (Fsp3) is 0.571. The van der Waals surface area contributed by atoms with Crippen LogP contribution in [0.1, 0.15) is 37.7 Å². The van der Waals surface area contributed by atoms with Crippen LogP contribution < -0.4 is 5.32 Å². The van der Waals surface area contributed by atoms with Crippen molar-refractivity contribution in [1.29, 1.82) is 0 Å². The van der Waals surface area contributed by atoms with Crippen LogP contribution in [0.25, 0.3) is 0 Å². The van der Waals surface area contributed by atoms with Gasteiger partial charge in [-0.2, -0.15) is 0 Å². The Morgan fingerprint density at radius 3 is 2.71 bits per heavy atom. The number of rotatable bonds is 5. The van der Waals surface area contributed by atoms with Gasteiger partial charge in [-0.25, -0.2) is 0 Å². The van der Waals surface area contributed by atoms with Crippen LogP contribution in [-0.2, 0) is 6.54 Å². The van der Waals surface area contributed by atoms with Crippen molar-refractivity contribution >= 4 is 0 Å². The SMILES string of the molecule is Oc1cccc(CNCCC2CCCC2)c1O. The summed E-state index contributed by atoms with van der Waals surface area (Å²) in [5, 5.41) is 22.3. The first-order chi connectivity index (χ1) is 8.27. The van der Waals surface area contributed by atoms with Gasteiger partial charge in [0.2, 0.25) is 0 Å². The smallest absolute Gasteiger partial charge is 0.161 e. The number of phenols is 2. The number of hydrogen-bond acceptors (Lipinski definition) is 3. The molecular formula is C14H21NO2. The maximum absolute atomic E-state index is 9.62. The molecule has 0 saturated heterocycles. The van der Waals surface area contributed by atoms with Crippen molar-refractivity contribution in [3.63, 3.8) is 0 Å². The van der Waals surface area contributed by atoms with Crippen molar-refractivity contribution in [3.05, 3.63) is 23.8 Å². The van der Waals surface area contributed by atoms with E-state index in [4.69, 9.17) is 0 Å². The molecule has 1 aliphatic carbocycles. The topological polar surface area (TPSA) is 52.5 Å². The molecule has 2 rings (SSSR count). The molecular weight excluding hydrogens is 214 g/mol. The lowest BCUT2D eigenvalue weighted by Crippen LogP contribution is -2.17. The van der Waals surface area contributed by atoms with Gasteiger partial charge >= 0.3 is 0 Å². The normalized spacial score (nSPS) is 16.5. The second-order valence-corrected chi connectivity index (χ2v) is 4.90. The molecule has 3 N–H and O–H groups in total. The maximum Gasteiger partial charge on any atom is 0.161 e. The molecule has 1 fully saturated rings. The van der Waals surface area contributed by atoms with Crippen LogP contribution in [0.3, 0.4) is 0 Å². The summed E-state index contributed by atoms with van der Waals surface area (Å²) in [5.41, 5.74) is 0.761. The minimum atomic E-state index is -0.0416. The van der Waals surface area contributed by atoms with Gasteiger partial charge in [0, 0.05) is 12.1 Å². The number of para-hydroxylation sites is 1. The van der Waals surface area contributed by atoms with Crippen molar-refractivity contribution in [2.75, 3.05) is 6.54 Å². The summed E-state index contributed by atoms with van der Waals surface area (Å²) in [7, 11) is 0. The molecule has 1 aromatic rings. The van der Waals surface area contributed by atoms with Crippen molar-refractivity contribution in [2.24, 2.45) is 5.92 Å².